The molecule has 0 spiro atoms. The Balaban J connectivity index is 1.56. The molecule has 2 N–H and O–H groups in total. The fourth-order valence-corrected chi connectivity index (χ4v) is 3.29. The molecule has 0 aliphatic heterocycles. The molecule has 3 aromatic carbocycles. The molecule has 2 amide bonds. The maximum absolute atomic E-state index is 12.6. The maximum atomic E-state index is 12.6. The first kappa shape index (κ1) is 23.1. The summed E-state index contributed by atoms with van der Waals surface area (Å²) in [7, 11) is 0. The van der Waals surface area contributed by atoms with Crippen LogP contribution in [0.15, 0.2) is 72.8 Å². The predicted molar refractivity (Wildman–Crippen MR) is 130 cm³/mol. The second-order valence-corrected chi connectivity index (χ2v) is 7.79. The largest absolute Gasteiger partial charge is 0.494 e. The van der Waals surface area contributed by atoms with Crippen LogP contribution in [0.4, 0.5) is 11.4 Å². The highest BCUT2D eigenvalue weighted by molar-refractivity contribution is 6.07. The zero-order valence-electron chi connectivity index (χ0n) is 18.7. The van der Waals surface area contributed by atoms with Gasteiger partial charge in [-0.3, -0.25) is 9.59 Å². The Kier molecular flexibility index (Phi) is 8.44. The molecule has 0 bridgehead atoms. The van der Waals surface area contributed by atoms with Gasteiger partial charge in [-0.15, -0.1) is 0 Å². The number of benzene rings is 3. The summed E-state index contributed by atoms with van der Waals surface area (Å²) in [6.45, 7) is 4.84. The van der Waals surface area contributed by atoms with E-state index in [1.54, 1.807) is 48.5 Å². The number of hydrogen-bond acceptors (Lipinski definition) is 3. The fourth-order valence-electron chi connectivity index (χ4n) is 3.29. The topological polar surface area (TPSA) is 67.4 Å². The van der Waals surface area contributed by atoms with Crippen LogP contribution in [0.2, 0.25) is 0 Å². The molecule has 0 aliphatic rings. The van der Waals surface area contributed by atoms with Gasteiger partial charge >= 0.3 is 0 Å². The Hall–Kier alpha value is -3.60. The van der Waals surface area contributed by atoms with E-state index in [9.17, 15) is 9.59 Å². The van der Waals surface area contributed by atoms with Crippen molar-refractivity contribution in [1.82, 2.24) is 0 Å². The molecule has 0 atom stereocenters. The van der Waals surface area contributed by atoms with Gasteiger partial charge in [0, 0.05) is 22.5 Å². The van der Waals surface area contributed by atoms with Crippen molar-refractivity contribution in [2.45, 2.75) is 39.5 Å². The van der Waals surface area contributed by atoms with Crippen molar-refractivity contribution in [2.75, 3.05) is 17.2 Å². The third-order valence-corrected chi connectivity index (χ3v) is 5.04. The first-order valence-corrected chi connectivity index (χ1v) is 11.1. The van der Waals surface area contributed by atoms with Gasteiger partial charge in [0.1, 0.15) is 5.75 Å². The van der Waals surface area contributed by atoms with Crippen LogP contribution in [0, 0.1) is 6.92 Å². The molecule has 5 nitrogen and oxygen atoms in total. The molecule has 3 aromatic rings. The molecular weight excluding hydrogens is 400 g/mol. The van der Waals surface area contributed by atoms with E-state index in [0.717, 1.165) is 23.4 Å². The molecular formula is C27H30N2O3. The average molecular weight is 431 g/mol. The van der Waals surface area contributed by atoms with Crippen molar-refractivity contribution in [3.8, 4) is 5.75 Å². The van der Waals surface area contributed by atoms with Crippen LogP contribution in [-0.2, 0) is 0 Å². The molecule has 32 heavy (non-hydrogen) atoms. The molecule has 0 heterocycles. The summed E-state index contributed by atoms with van der Waals surface area (Å²) in [5, 5.41) is 5.73. The van der Waals surface area contributed by atoms with Gasteiger partial charge in [-0.1, -0.05) is 44.4 Å². The maximum Gasteiger partial charge on any atom is 0.255 e. The van der Waals surface area contributed by atoms with Crippen LogP contribution in [0.3, 0.4) is 0 Å². The minimum Gasteiger partial charge on any atom is -0.494 e. The Labute approximate surface area is 189 Å². The SMILES string of the molecule is CCCCCCOc1ccc(C(=O)Nc2cccc(C(=O)Nc3cccc(C)c3)c2)cc1. The third kappa shape index (κ3) is 6.98. The van der Waals surface area contributed by atoms with Gasteiger partial charge in [0.2, 0.25) is 0 Å². The number of unbranched alkanes of at least 4 members (excludes halogenated alkanes) is 3. The lowest BCUT2D eigenvalue weighted by molar-refractivity contribution is 0.101. The number of nitrogens with one attached hydrogen (secondary N) is 2. The first-order chi connectivity index (χ1) is 15.5. The predicted octanol–water partition coefficient (Wildman–Crippen LogP) is 6.46. The van der Waals surface area contributed by atoms with E-state index in [2.05, 4.69) is 17.6 Å². The molecule has 5 heteroatoms. The number of hydrogen-bond donors (Lipinski definition) is 2. The van der Waals surface area contributed by atoms with Gasteiger partial charge in [-0.2, -0.15) is 0 Å². The van der Waals surface area contributed by atoms with Crippen LogP contribution < -0.4 is 15.4 Å². The monoisotopic (exact) mass is 430 g/mol. The van der Waals surface area contributed by atoms with Crippen LogP contribution in [-0.4, -0.2) is 18.4 Å². The van der Waals surface area contributed by atoms with E-state index in [0.29, 0.717) is 23.4 Å². The van der Waals surface area contributed by atoms with Crippen LogP contribution in [0.5, 0.6) is 5.75 Å². The fraction of sp³-hybridized carbons (Fsp3) is 0.259. The molecule has 0 radical (unpaired) electrons. The average Bonchev–Trinajstić information content (AvgIpc) is 2.79. The number of amides is 2. The molecule has 0 saturated heterocycles. The lowest BCUT2D eigenvalue weighted by Gasteiger charge is -2.10. The summed E-state index contributed by atoms with van der Waals surface area (Å²) in [4.78, 5) is 25.2. The number of aryl methyl sites for hydroxylation is 1. The molecule has 0 aromatic heterocycles. The smallest absolute Gasteiger partial charge is 0.255 e. The zero-order valence-corrected chi connectivity index (χ0v) is 18.7. The van der Waals surface area contributed by atoms with Gasteiger partial charge in [0.15, 0.2) is 0 Å². The van der Waals surface area contributed by atoms with E-state index >= 15 is 0 Å². The highest BCUT2D eigenvalue weighted by atomic mass is 16.5. The highest BCUT2D eigenvalue weighted by Gasteiger charge is 2.10. The van der Waals surface area contributed by atoms with Gasteiger partial charge < -0.3 is 15.4 Å². The summed E-state index contributed by atoms with van der Waals surface area (Å²) in [6, 6.07) is 21.6. The molecule has 166 valence electrons. The summed E-state index contributed by atoms with van der Waals surface area (Å²) in [6.07, 6.45) is 4.62. The molecule has 0 fully saturated rings. The van der Waals surface area contributed by atoms with Gasteiger partial charge in [-0.05, 0) is 73.5 Å². The Bertz CT molecular complexity index is 1040. The summed E-state index contributed by atoms with van der Waals surface area (Å²) >= 11 is 0. The Morgan fingerprint density at radius 2 is 1.41 bits per heavy atom. The lowest BCUT2D eigenvalue weighted by atomic mass is 10.1. The summed E-state index contributed by atoms with van der Waals surface area (Å²) in [5.41, 5.74) is 3.35. The molecule has 0 unspecified atom stereocenters. The minimum atomic E-state index is -0.240. The summed E-state index contributed by atoms with van der Waals surface area (Å²) < 4.78 is 5.73. The zero-order chi connectivity index (χ0) is 22.8. The van der Waals surface area contributed by atoms with E-state index in [1.807, 2.05) is 31.2 Å². The third-order valence-electron chi connectivity index (χ3n) is 5.04. The minimum absolute atomic E-state index is 0.230. The number of rotatable bonds is 10. The first-order valence-electron chi connectivity index (χ1n) is 11.1. The number of ether oxygens (including phenoxy) is 1. The Morgan fingerprint density at radius 3 is 2.09 bits per heavy atom. The lowest BCUT2D eigenvalue weighted by Crippen LogP contribution is -2.14. The molecule has 0 aliphatic carbocycles. The quantitative estimate of drug-likeness (QED) is 0.363. The number of anilines is 2. The molecule has 0 saturated carbocycles. The van der Waals surface area contributed by atoms with Crippen molar-refractivity contribution >= 4 is 23.2 Å². The van der Waals surface area contributed by atoms with E-state index in [4.69, 9.17) is 4.74 Å². The van der Waals surface area contributed by atoms with Crippen LogP contribution >= 0.6 is 0 Å². The number of carbonyl (C=O) groups excluding carboxylic acids is 2. The van der Waals surface area contributed by atoms with E-state index in [-0.39, 0.29) is 11.8 Å². The van der Waals surface area contributed by atoms with Crippen LogP contribution in [0.25, 0.3) is 0 Å². The summed E-state index contributed by atoms with van der Waals surface area (Å²) in [5.74, 6) is 0.288. The standard InChI is InChI=1S/C27H30N2O3/c1-3-4-5-6-17-32-25-15-13-21(14-16-25)26(30)29-24-12-8-10-22(19-24)27(31)28-23-11-7-9-20(2)18-23/h7-16,18-19H,3-6,17H2,1-2H3,(H,28,31)(H,29,30). The Morgan fingerprint density at radius 1 is 0.750 bits per heavy atom. The van der Waals surface area contributed by atoms with Crippen molar-refractivity contribution in [2.24, 2.45) is 0 Å². The van der Waals surface area contributed by atoms with Crippen molar-refractivity contribution in [1.29, 1.82) is 0 Å². The second-order valence-electron chi connectivity index (χ2n) is 7.79. The van der Waals surface area contributed by atoms with Crippen molar-refractivity contribution in [3.05, 3.63) is 89.5 Å². The van der Waals surface area contributed by atoms with E-state index in [1.165, 1.54) is 19.3 Å². The van der Waals surface area contributed by atoms with Crippen LogP contribution in [0.1, 0.15) is 58.9 Å². The van der Waals surface area contributed by atoms with Crippen molar-refractivity contribution < 1.29 is 14.3 Å². The normalized spacial score (nSPS) is 10.4. The van der Waals surface area contributed by atoms with Gasteiger partial charge in [0.25, 0.3) is 11.8 Å². The number of carbonyl (C=O) groups is 2. The highest BCUT2D eigenvalue weighted by Crippen LogP contribution is 2.17. The van der Waals surface area contributed by atoms with Gasteiger partial charge in [-0.25, -0.2) is 0 Å². The van der Waals surface area contributed by atoms with Crippen molar-refractivity contribution in [3.63, 3.8) is 0 Å². The molecule has 3 rings (SSSR count). The second kappa shape index (κ2) is 11.7. The van der Waals surface area contributed by atoms with Gasteiger partial charge in [0.05, 0.1) is 6.61 Å². The van der Waals surface area contributed by atoms with E-state index < -0.39 is 0 Å².